The van der Waals surface area contributed by atoms with Gasteiger partial charge in [0.2, 0.25) is 0 Å². The van der Waals surface area contributed by atoms with E-state index in [0.717, 1.165) is 19.3 Å². The fraction of sp³-hybridized carbons (Fsp3) is 0.611. The Morgan fingerprint density at radius 2 is 1.71 bits per heavy atom. The van der Waals surface area contributed by atoms with E-state index >= 15 is 0 Å². The van der Waals surface area contributed by atoms with Crippen molar-refractivity contribution in [1.82, 2.24) is 0 Å². The van der Waals surface area contributed by atoms with Gasteiger partial charge in [-0.15, -0.1) is 0 Å². The first kappa shape index (κ1) is 17.7. The average molecular weight is 291 g/mol. The second-order valence-electron chi connectivity index (χ2n) is 5.83. The molecule has 1 aromatic carbocycles. The van der Waals surface area contributed by atoms with Crippen molar-refractivity contribution in [2.45, 2.75) is 66.3 Å². The molecular weight excluding hydrogens is 262 g/mol. The first-order chi connectivity index (χ1) is 9.88. The van der Waals surface area contributed by atoms with Gasteiger partial charge in [-0.3, -0.25) is 4.79 Å². The van der Waals surface area contributed by atoms with Crippen molar-refractivity contribution in [2.24, 2.45) is 5.73 Å². The normalized spacial score (nSPS) is 12.3. The van der Waals surface area contributed by atoms with Gasteiger partial charge in [0.05, 0.1) is 6.61 Å². The zero-order valence-electron chi connectivity index (χ0n) is 14.1. The van der Waals surface area contributed by atoms with Gasteiger partial charge in [0, 0.05) is 12.5 Å². The van der Waals surface area contributed by atoms with E-state index in [0.29, 0.717) is 13.0 Å². The Labute approximate surface area is 128 Å². The lowest BCUT2D eigenvalue weighted by Crippen LogP contribution is -2.15. The maximum absolute atomic E-state index is 11.3. The summed E-state index contributed by atoms with van der Waals surface area (Å²) < 4.78 is 4.93. The molecule has 0 aliphatic carbocycles. The number of rotatable bonds is 7. The summed E-state index contributed by atoms with van der Waals surface area (Å²) >= 11 is 0. The Balaban J connectivity index is 2.61. The topological polar surface area (TPSA) is 52.3 Å². The van der Waals surface area contributed by atoms with Gasteiger partial charge in [-0.25, -0.2) is 0 Å². The third-order valence-corrected chi connectivity index (χ3v) is 4.25. The van der Waals surface area contributed by atoms with Crippen LogP contribution in [0.1, 0.15) is 66.5 Å². The minimum atomic E-state index is -0.107. The van der Waals surface area contributed by atoms with Gasteiger partial charge in [0.15, 0.2) is 0 Å². The smallest absolute Gasteiger partial charge is 0.305 e. The molecule has 3 heteroatoms. The van der Waals surface area contributed by atoms with Crippen LogP contribution in [0.25, 0.3) is 0 Å². The Kier molecular flexibility index (Phi) is 6.90. The van der Waals surface area contributed by atoms with Crippen molar-refractivity contribution >= 4 is 5.97 Å². The lowest BCUT2D eigenvalue weighted by molar-refractivity contribution is -0.143. The second-order valence-corrected chi connectivity index (χ2v) is 5.83. The van der Waals surface area contributed by atoms with Crippen LogP contribution in [0.4, 0.5) is 0 Å². The van der Waals surface area contributed by atoms with E-state index < -0.39 is 0 Å². The van der Waals surface area contributed by atoms with Crippen molar-refractivity contribution in [3.05, 3.63) is 33.9 Å². The third kappa shape index (κ3) is 4.85. The highest BCUT2D eigenvalue weighted by molar-refractivity contribution is 5.69. The number of esters is 1. The summed E-state index contributed by atoms with van der Waals surface area (Å²) in [7, 11) is 0. The number of benzene rings is 1. The van der Waals surface area contributed by atoms with Gasteiger partial charge >= 0.3 is 5.97 Å². The summed E-state index contributed by atoms with van der Waals surface area (Å²) in [6, 6.07) is 2.27. The van der Waals surface area contributed by atoms with Crippen LogP contribution in [0.2, 0.25) is 0 Å². The number of nitrogens with two attached hydrogens (primary N) is 1. The number of aryl methyl sites for hydroxylation is 2. The molecule has 1 rings (SSSR count). The van der Waals surface area contributed by atoms with Crippen molar-refractivity contribution in [3.63, 3.8) is 0 Å². The number of unbranched alkanes of at least 4 members (excludes halogenated alkanes) is 1. The zero-order chi connectivity index (χ0) is 16.0. The largest absolute Gasteiger partial charge is 0.466 e. The van der Waals surface area contributed by atoms with Gasteiger partial charge in [-0.2, -0.15) is 0 Å². The molecule has 21 heavy (non-hydrogen) atoms. The molecule has 118 valence electrons. The molecule has 0 amide bonds. The Morgan fingerprint density at radius 3 is 2.24 bits per heavy atom. The summed E-state index contributed by atoms with van der Waals surface area (Å²) in [5.74, 6) is -0.107. The van der Waals surface area contributed by atoms with Crippen LogP contribution >= 0.6 is 0 Å². The van der Waals surface area contributed by atoms with E-state index in [1.165, 1.54) is 27.8 Å². The fourth-order valence-electron chi connectivity index (χ4n) is 2.81. The standard InChI is InChI=1S/C18H29NO2/c1-6-21-17(20)10-8-7-9-16(19)18-14(4)12(2)11-13(3)15(18)5/h11,16H,6-10,19H2,1-5H3. The molecule has 2 N–H and O–H groups in total. The van der Waals surface area contributed by atoms with E-state index in [4.69, 9.17) is 10.5 Å². The van der Waals surface area contributed by atoms with Crippen LogP contribution in [0.3, 0.4) is 0 Å². The van der Waals surface area contributed by atoms with Crippen LogP contribution < -0.4 is 5.73 Å². The lowest BCUT2D eigenvalue weighted by atomic mass is 9.88. The van der Waals surface area contributed by atoms with Gasteiger partial charge in [0.25, 0.3) is 0 Å². The van der Waals surface area contributed by atoms with Crippen LogP contribution in [-0.2, 0) is 9.53 Å². The molecule has 0 saturated carbocycles. The number of ether oxygens (including phenoxy) is 1. The van der Waals surface area contributed by atoms with E-state index in [2.05, 4.69) is 33.8 Å². The fourth-order valence-corrected chi connectivity index (χ4v) is 2.81. The van der Waals surface area contributed by atoms with Crippen molar-refractivity contribution in [3.8, 4) is 0 Å². The van der Waals surface area contributed by atoms with Crippen LogP contribution in [0, 0.1) is 27.7 Å². The minimum Gasteiger partial charge on any atom is -0.466 e. The molecule has 1 unspecified atom stereocenters. The Bertz CT molecular complexity index is 468. The molecular formula is C18H29NO2. The first-order valence-corrected chi connectivity index (χ1v) is 7.87. The predicted molar refractivity (Wildman–Crippen MR) is 87.4 cm³/mol. The zero-order valence-corrected chi connectivity index (χ0v) is 14.1. The maximum Gasteiger partial charge on any atom is 0.305 e. The quantitative estimate of drug-likeness (QED) is 0.609. The summed E-state index contributed by atoms with van der Waals surface area (Å²) in [5, 5.41) is 0. The molecule has 3 nitrogen and oxygen atoms in total. The van der Waals surface area contributed by atoms with Crippen molar-refractivity contribution in [2.75, 3.05) is 6.61 Å². The van der Waals surface area contributed by atoms with Crippen molar-refractivity contribution < 1.29 is 9.53 Å². The molecule has 0 aliphatic heterocycles. The highest BCUT2D eigenvalue weighted by Crippen LogP contribution is 2.28. The summed E-state index contributed by atoms with van der Waals surface area (Å²) in [4.78, 5) is 11.3. The lowest BCUT2D eigenvalue weighted by Gasteiger charge is -2.21. The molecule has 0 radical (unpaired) electrons. The molecule has 0 heterocycles. The van der Waals surface area contributed by atoms with Gasteiger partial charge in [0.1, 0.15) is 0 Å². The first-order valence-electron chi connectivity index (χ1n) is 7.87. The van der Waals surface area contributed by atoms with Gasteiger partial charge in [-0.1, -0.05) is 12.5 Å². The molecule has 0 aliphatic rings. The van der Waals surface area contributed by atoms with Crippen LogP contribution in [-0.4, -0.2) is 12.6 Å². The van der Waals surface area contributed by atoms with Crippen LogP contribution in [0.15, 0.2) is 6.07 Å². The molecule has 1 atom stereocenters. The molecule has 0 spiro atoms. The van der Waals surface area contributed by atoms with E-state index in [9.17, 15) is 4.79 Å². The molecule has 1 aromatic rings. The number of hydrogen-bond donors (Lipinski definition) is 1. The molecule has 0 aromatic heterocycles. The number of carbonyl (C=O) groups excluding carboxylic acids is 1. The highest BCUT2D eigenvalue weighted by Gasteiger charge is 2.15. The van der Waals surface area contributed by atoms with E-state index in [-0.39, 0.29) is 12.0 Å². The SMILES string of the molecule is CCOC(=O)CCCCC(N)c1c(C)c(C)cc(C)c1C. The predicted octanol–water partition coefficient (Wildman–Crippen LogP) is 4.04. The third-order valence-electron chi connectivity index (χ3n) is 4.25. The number of carbonyl (C=O) groups is 1. The molecule has 0 bridgehead atoms. The van der Waals surface area contributed by atoms with E-state index in [1.54, 1.807) is 0 Å². The summed E-state index contributed by atoms with van der Waals surface area (Å²) in [5.41, 5.74) is 12.9. The van der Waals surface area contributed by atoms with Crippen molar-refractivity contribution in [1.29, 1.82) is 0 Å². The molecule has 0 saturated heterocycles. The van der Waals surface area contributed by atoms with E-state index in [1.807, 2.05) is 6.92 Å². The minimum absolute atomic E-state index is 0.0470. The summed E-state index contributed by atoms with van der Waals surface area (Å²) in [6.45, 7) is 10.9. The Hall–Kier alpha value is -1.35. The number of hydrogen-bond acceptors (Lipinski definition) is 3. The Morgan fingerprint density at radius 1 is 1.14 bits per heavy atom. The van der Waals surface area contributed by atoms with Crippen LogP contribution in [0.5, 0.6) is 0 Å². The van der Waals surface area contributed by atoms with Gasteiger partial charge in [-0.05, 0) is 75.3 Å². The maximum atomic E-state index is 11.3. The second kappa shape index (κ2) is 8.18. The monoisotopic (exact) mass is 291 g/mol. The molecule has 0 fully saturated rings. The average Bonchev–Trinajstić information content (AvgIpc) is 2.42. The highest BCUT2D eigenvalue weighted by atomic mass is 16.5. The van der Waals surface area contributed by atoms with Gasteiger partial charge < -0.3 is 10.5 Å². The summed E-state index contributed by atoms with van der Waals surface area (Å²) in [6.07, 6.45) is 3.19.